The van der Waals surface area contributed by atoms with E-state index in [-0.39, 0.29) is 0 Å². The first-order chi connectivity index (χ1) is 10.6. The van der Waals surface area contributed by atoms with Crippen LogP contribution in [0.1, 0.15) is 51.0 Å². The molecule has 0 spiro atoms. The summed E-state index contributed by atoms with van der Waals surface area (Å²) in [5, 5.41) is 0. The molecule has 1 aliphatic carbocycles. The fourth-order valence-electron chi connectivity index (χ4n) is 2.76. The molecular weight excluding hydrogens is 297 g/mol. The largest absolute Gasteiger partial charge is 0.478 e. The van der Waals surface area contributed by atoms with Crippen LogP contribution < -0.4 is 4.74 Å². The molecular formula is C17H28NO3P. The Morgan fingerprint density at radius 2 is 2.18 bits per heavy atom. The van der Waals surface area contributed by atoms with Gasteiger partial charge in [0.2, 0.25) is 13.2 Å². The molecule has 1 aromatic rings. The molecule has 0 amide bonds. The lowest BCUT2D eigenvalue weighted by molar-refractivity contribution is 0.297. The minimum absolute atomic E-state index is 0.291. The Bertz CT molecular complexity index is 516. The Morgan fingerprint density at radius 1 is 1.41 bits per heavy atom. The van der Waals surface area contributed by atoms with Crippen molar-refractivity contribution in [2.24, 2.45) is 5.92 Å². The van der Waals surface area contributed by atoms with E-state index >= 15 is 0 Å². The van der Waals surface area contributed by atoms with E-state index in [0.717, 1.165) is 12.8 Å². The zero-order valence-electron chi connectivity index (χ0n) is 14.0. The molecule has 0 saturated heterocycles. The Kier molecular flexibility index (Phi) is 6.46. The van der Waals surface area contributed by atoms with Crippen molar-refractivity contribution in [2.45, 2.75) is 45.4 Å². The normalized spacial score (nSPS) is 18.7. The van der Waals surface area contributed by atoms with Crippen LogP contribution in [0.15, 0.2) is 18.3 Å². The van der Waals surface area contributed by atoms with Gasteiger partial charge in [0.25, 0.3) is 0 Å². The van der Waals surface area contributed by atoms with Crippen molar-refractivity contribution >= 4 is 7.37 Å². The summed E-state index contributed by atoms with van der Waals surface area (Å²) < 4.78 is 23.7. The van der Waals surface area contributed by atoms with Gasteiger partial charge in [-0.1, -0.05) is 13.3 Å². The molecule has 124 valence electrons. The average molecular weight is 325 g/mol. The number of hydrogen-bond acceptors (Lipinski definition) is 4. The van der Waals surface area contributed by atoms with Gasteiger partial charge in [-0.25, -0.2) is 4.98 Å². The second-order valence-corrected chi connectivity index (χ2v) is 8.84. The Morgan fingerprint density at radius 3 is 2.82 bits per heavy atom. The maximum atomic E-state index is 12.6. The summed E-state index contributed by atoms with van der Waals surface area (Å²) in [4.78, 5) is 4.28. The highest BCUT2D eigenvalue weighted by atomic mass is 31.2. The van der Waals surface area contributed by atoms with Crippen molar-refractivity contribution in [1.82, 2.24) is 4.98 Å². The Balaban J connectivity index is 2.08. The van der Waals surface area contributed by atoms with Gasteiger partial charge in [-0.2, -0.15) is 0 Å². The second kappa shape index (κ2) is 8.12. The molecule has 1 saturated carbocycles. The van der Waals surface area contributed by atoms with Gasteiger partial charge in [-0.15, -0.1) is 0 Å². The third kappa shape index (κ3) is 5.40. The molecule has 0 N–H and O–H groups in total. The van der Waals surface area contributed by atoms with Gasteiger partial charge in [0.05, 0.1) is 13.2 Å². The van der Waals surface area contributed by atoms with Crippen molar-refractivity contribution < 1.29 is 13.8 Å². The van der Waals surface area contributed by atoms with Crippen LogP contribution in [0, 0.1) is 5.92 Å². The van der Waals surface area contributed by atoms with Crippen molar-refractivity contribution in [3.63, 3.8) is 0 Å². The molecule has 1 fully saturated rings. The van der Waals surface area contributed by atoms with Crippen LogP contribution in [0.5, 0.6) is 5.88 Å². The first kappa shape index (κ1) is 17.5. The number of pyridine rings is 1. The van der Waals surface area contributed by atoms with Crippen molar-refractivity contribution in [2.75, 3.05) is 26.0 Å². The molecule has 1 heterocycles. The van der Waals surface area contributed by atoms with Crippen LogP contribution in [0.2, 0.25) is 0 Å². The summed E-state index contributed by atoms with van der Waals surface area (Å²) in [6.07, 6.45) is 6.98. The predicted octanol–water partition coefficient (Wildman–Crippen LogP) is 4.70. The molecule has 22 heavy (non-hydrogen) atoms. The zero-order chi connectivity index (χ0) is 16.0. The second-order valence-electron chi connectivity index (χ2n) is 6.19. The van der Waals surface area contributed by atoms with E-state index in [1.165, 1.54) is 18.4 Å². The minimum Gasteiger partial charge on any atom is -0.478 e. The minimum atomic E-state index is -2.53. The molecule has 0 aromatic carbocycles. The Hall–Kier alpha value is -0.860. The number of aromatic nitrogens is 1. The van der Waals surface area contributed by atoms with E-state index in [1.54, 1.807) is 12.9 Å². The monoisotopic (exact) mass is 325 g/mol. The van der Waals surface area contributed by atoms with Gasteiger partial charge in [0.15, 0.2) is 0 Å². The van der Waals surface area contributed by atoms with Gasteiger partial charge < -0.3 is 9.26 Å². The highest BCUT2D eigenvalue weighted by molar-refractivity contribution is 7.58. The van der Waals surface area contributed by atoms with E-state index < -0.39 is 7.37 Å². The third-order valence-corrected chi connectivity index (χ3v) is 5.92. The number of ether oxygens (including phenoxy) is 1. The van der Waals surface area contributed by atoms with Crippen LogP contribution >= 0.6 is 7.37 Å². The van der Waals surface area contributed by atoms with Crippen molar-refractivity contribution in [3.05, 3.63) is 23.9 Å². The lowest BCUT2D eigenvalue weighted by Gasteiger charge is -2.21. The summed E-state index contributed by atoms with van der Waals surface area (Å²) in [6, 6.07) is 4.05. The average Bonchev–Trinajstić information content (AvgIpc) is 3.30. The number of unbranched alkanes of at least 4 members (excludes halogenated alkanes) is 1. The predicted molar refractivity (Wildman–Crippen MR) is 90.1 cm³/mol. The molecule has 0 aliphatic heterocycles. The summed E-state index contributed by atoms with van der Waals surface area (Å²) in [5.74, 6) is 1.59. The number of rotatable bonds is 10. The van der Waals surface area contributed by atoms with Crippen LogP contribution in [-0.4, -0.2) is 31.0 Å². The molecule has 5 heteroatoms. The lowest BCUT2D eigenvalue weighted by atomic mass is 9.97. The van der Waals surface area contributed by atoms with E-state index in [4.69, 9.17) is 9.26 Å². The topological polar surface area (TPSA) is 48.4 Å². The summed E-state index contributed by atoms with van der Waals surface area (Å²) >= 11 is 0. The molecule has 2 atom stereocenters. The maximum absolute atomic E-state index is 12.6. The summed E-state index contributed by atoms with van der Waals surface area (Å²) in [6.45, 7) is 7.00. The SMILES string of the molecule is CCCCOc1cc([C@@H](CP(C)(=O)OCC)C2CC2)ccn1. The van der Waals surface area contributed by atoms with Gasteiger partial charge in [0.1, 0.15) is 0 Å². The third-order valence-electron chi connectivity index (χ3n) is 4.06. The molecule has 0 bridgehead atoms. The van der Waals surface area contributed by atoms with Crippen LogP contribution in [0.4, 0.5) is 0 Å². The van der Waals surface area contributed by atoms with E-state index in [1.807, 2.05) is 19.1 Å². The van der Waals surface area contributed by atoms with Gasteiger partial charge in [0, 0.05) is 25.1 Å². The summed E-state index contributed by atoms with van der Waals surface area (Å²) in [5.41, 5.74) is 1.19. The van der Waals surface area contributed by atoms with Crippen LogP contribution in [0.25, 0.3) is 0 Å². The van der Waals surface area contributed by atoms with Crippen molar-refractivity contribution in [3.8, 4) is 5.88 Å². The quantitative estimate of drug-likeness (QED) is 0.462. The van der Waals surface area contributed by atoms with Crippen LogP contribution in [-0.2, 0) is 9.09 Å². The van der Waals surface area contributed by atoms with E-state index in [0.29, 0.717) is 37.1 Å². The lowest BCUT2D eigenvalue weighted by Crippen LogP contribution is -2.10. The highest BCUT2D eigenvalue weighted by Crippen LogP contribution is 2.53. The van der Waals surface area contributed by atoms with E-state index in [9.17, 15) is 4.57 Å². The zero-order valence-corrected chi connectivity index (χ0v) is 14.9. The maximum Gasteiger partial charge on any atom is 0.213 e. The first-order valence-electron chi connectivity index (χ1n) is 8.35. The standard InChI is InChI=1S/C17H28NO3P/c1-4-6-11-20-17-12-15(9-10-18-17)16(14-7-8-14)13-22(3,19)21-5-2/h9-10,12,14,16H,4-8,11,13H2,1-3H3/t16-,22?/m0/s1. The molecule has 0 radical (unpaired) electrons. The van der Waals surface area contributed by atoms with Gasteiger partial charge in [-0.05, 0) is 49.7 Å². The highest BCUT2D eigenvalue weighted by Gasteiger charge is 2.36. The smallest absolute Gasteiger partial charge is 0.213 e. The summed E-state index contributed by atoms with van der Waals surface area (Å²) in [7, 11) is -2.53. The fourth-order valence-corrected chi connectivity index (χ4v) is 4.64. The molecule has 2 rings (SSSR count). The van der Waals surface area contributed by atoms with E-state index in [2.05, 4.69) is 11.9 Å². The first-order valence-corrected chi connectivity index (χ1v) is 10.6. The molecule has 1 aliphatic rings. The molecule has 1 unspecified atom stereocenters. The van der Waals surface area contributed by atoms with Crippen molar-refractivity contribution in [1.29, 1.82) is 0 Å². The van der Waals surface area contributed by atoms with Gasteiger partial charge >= 0.3 is 0 Å². The fraction of sp³-hybridized carbons (Fsp3) is 0.706. The number of hydrogen-bond donors (Lipinski definition) is 0. The Labute approximate surface area is 134 Å². The molecule has 1 aromatic heterocycles. The number of nitrogens with zero attached hydrogens (tertiary/aromatic N) is 1. The molecule has 4 nitrogen and oxygen atoms in total. The van der Waals surface area contributed by atoms with Gasteiger partial charge in [-0.3, -0.25) is 4.57 Å². The van der Waals surface area contributed by atoms with Crippen LogP contribution in [0.3, 0.4) is 0 Å².